The van der Waals surface area contributed by atoms with E-state index >= 15 is 0 Å². The zero-order valence-corrected chi connectivity index (χ0v) is 15.4. The molecule has 0 fully saturated rings. The molecule has 0 aliphatic rings. The van der Waals surface area contributed by atoms with Gasteiger partial charge in [0.15, 0.2) is 0 Å². The fourth-order valence-corrected chi connectivity index (χ4v) is 2.73. The molecule has 0 saturated heterocycles. The summed E-state index contributed by atoms with van der Waals surface area (Å²) in [4.78, 5) is 12.0. The molecule has 0 bridgehead atoms. The number of rotatable bonds is 8. The summed E-state index contributed by atoms with van der Waals surface area (Å²) >= 11 is 0. The van der Waals surface area contributed by atoms with E-state index in [1.54, 1.807) is 0 Å². The van der Waals surface area contributed by atoms with E-state index in [2.05, 4.69) is 29.7 Å². The van der Waals surface area contributed by atoms with Gasteiger partial charge in [-0.2, -0.15) is 0 Å². The highest BCUT2D eigenvalue weighted by atomic mass is 16.5. The van der Waals surface area contributed by atoms with Crippen molar-refractivity contribution in [1.29, 1.82) is 0 Å². The number of nitrogens with one attached hydrogen (secondary N) is 2. The van der Waals surface area contributed by atoms with Gasteiger partial charge in [0.05, 0.1) is 13.0 Å². The van der Waals surface area contributed by atoms with Gasteiger partial charge < -0.3 is 15.4 Å². The number of carbonyl (C=O) groups excluding carboxylic acids is 1. The molecule has 0 aromatic heterocycles. The predicted octanol–water partition coefficient (Wildman–Crippen LogP) is 5.27. The van der Waals surface area contributed by atoms with Crippen LogP contribution in [-0.2, 0) is 4.79 Å². The molecule has 138 valence electrons. The lowest BCUT2D eigenvalue weighted by molar-refractivity contribution is -0.116. The topological polar surface area (TPSA) is 50.4 Å². The molecule has 0 radical (unpaired) electrons. The highest BCUT2D eigenvalue weighted by molar-refractivity contribution is 5.90. The Morgan fingerprint density at radius 3 is 2.11 bits per heavy atom. The molecule has 27 heavy (non-hydrogen) atoms. The quantitative estimate of drug-likeness (QED) is 0.575. The summed E-state index contributed by atoms with van der Waals surface area (Å²) in [6.07, 6.45) is 0.305. The van der Waals surface area contributed by atoms with Crippen molar-refractivity contribution in [1.82, 2.24) is 0 Å². The molecule has 3 aromatic rings. The number of hydrogen-bond acceptors (Lipinski definition) is 3. The average Bonchev–Trinajstić information content (AvgIpc) is 2.71. The molecular weight excluding hydrogens is 336 g/mol. The Morgan fingerprint density at radius 2 is 1.44 bits per heavy atom. The molecule has 3 rings (SSSR count). The lowest BCUT2D eigenvalue weighted by Gasteiger charge is -2.16. The molecular formula is C23H24N2O2. The third kappa shape index (κ3) is 5.89. The normalized spacial score (nSPS) is 11.4. The summed E-state index contributed by atoms with van der Waals surface area (Å²) in [7, 11) is 0. The van der Waals surface area contributed by atoms with Crippen molar-refractivity contribution < 1.29 is 9.53 Å². The molecule has 0 aliphatic carbocycles. The molecule has 1 unspecified atom stereocenters. The first-order chi connectivity index (χ1) is 13.2. The molecule has 0 spiro atoms. The number of anilines is 2. The fraction of sp³-hybridized carbons (Fsp3) is 0.174. The van der Waals surface area contributed by atoms with Crippen molar-refractivity contribution in [3.05, 3.63) is 90.5 Å². The average molecular weight is 360 g/mol. The van der Waals surface area contributed by atoms with Gasteiger partial charge in [0.2, 0.25) is 5.91 Å². The van der Waals surface area contributed by atoms with E-state index in [1.165, 1.54) is 5.56 Å². The molecule has 4 nitrogen and oxygen atoms in total. The third-order valence-corrected chi connectivity index (χ3v) is 4.19. The zero-order chi connectivity index (χ0) is 18.9. The molecule has 4 heteroatoms. The summed E-state index contributed by atoms with van der Waals surface area (Å²) < 4.78 is 5.55. The van der Waals surface area contributed by atoms with E-state index < -0.39 is 0 Å². The van der Waals surface area contributed by atoms with Gasteiger partial charge in [-0.05, 0) is 48.9 Å². The number of para-hydroxylation sites is 1. The Labute approximate surface area is 160 Å². The highest BCUT2D eigenvalue weighted by Gasteiger charge is 2.06. The van der Waals surface area contributed by atoms with Gasteiger partial charge in [0, 0.05) is 17.4 Å². The van der Waals surface area contributed by atoms with Gasteiger partial charge >= 0.3 is 0 Å². The van der Waals surface area contributed by atoms with Crippen molar-refractivity contribution in [2.24, 2.45) is 0 Å². The second kappa shape index (κ2) is 9.43. The number of ether oxygens (including phenoxy) is 1. The molecule has 0 heterocycles. The van der Waals surface area contributed by atoms with Crippen LogP contribution in [0.15, 0.2) is 84.9 Å². The monoisotopic (exact) mass is 360 g/mol. The molecule has 0 aliphatic heterocycles. The first kappa shape index (κ1) is 18.5. The van der Waals surface area contributed by atoms with Gasteiger partial charge in [-0.15, -0.1) is 0 Å². The van der Waals surface area contributed by atoms with Crippen molar-refractivity contribution >= 4 is 17.3 Å². The molecule has 0 saturated carbocycles. The van der Waals surface area contributed by atoms with Crippen molar-refractivity contribution in [2.45, 2.75) is 19.4 Å². The van der Waals surface area contributed by atoms with Crippen LogP contribution in [0.25, 0.3) is 0 Å². The summed E-state index contributed by atoms with van der Waals surface area (Å²) in [5.74, 6) is 0.706. The molecule has 1 atom stereocenters. The van der Waals surface area contributed by atoms with Gasteiger partial charge in [0.25, 0.3) is 0 Å². The second-order valence-electron chi connectivity index (χ2n) is 6.31. The Balaban J connectivity index is 1.45. The van der Waals surface area contributed by atoms with Crippen LogP contribution in [0.3, 0.4) is 0 Å². The van der Waals surface area contributed by atoms with Crippen LogP contribution in [0.4, 0.5) is 11.4 Å². The largest absolute Gasteiger partial charge is 0.493 e. The molecule has 3 aromatic carbocycles. The smallest absolute Gasteiger partial charge is 0.227 e. The predicted molar refractivity (Wildman–Crippen MR) is 110 cm³/mol. The standard InChI is InChI=1S/C23H24N2O2/c1-18(19-8-4-2-5-9-19)24-20-12-14-21(15-13-20)25-23(26)16-17-27-22-10-6-3-7-11-22/h2-15,18,24H,16-17H2,1H3,(H,25,26). The van der Waals surface area contributed by atoms with Crippen LogP contribution >= 0.6 is 0 Å². The SMILES string of the molecule is CC(Nc1ccc(NC(=O)CCOc2ccccc2)cc1)c1ccccc1. The summed E-state index contributed by atoms with van der Waals surface area (Å²) in [5.41, 5.74) is 3.02. The lowest BCUT2D eigenvalue weighted by atomic mass is 10.1. The maximum Gasteiger partial charge on any atom is 0.227 e. The number of benzene rings is 3. The van der Waals surface area contributed by atoms with Crippen molar-refractivity contribution in [3.63, 3.8) is 0 Å². The number of hydrogen-bond donors (Lipinski definition) is 2. The van der Waals surface area contributed by atoms with Crippen molar-refractivity contribution in [3.8, 4) is 5.75 Å². The van der Waals surface area contributed by atoms with E-state index in [4.69, 9.17) is 4.74 Å². The first-order valence-electron chi connectivity index (χ1n) is 9.10. The highest BCUT2D eigenvalue weighted by Crippen LogP contribution is 2.20. The van der Waals surface area contributed by atoms with Crippen LogP contribution in [0.1, 0.15) is 24.9 Å². The van der Waals surface area contributed by atoms with E-state index in [0.717, 1.165) is 17.1 Å². The van der Waals surface area contributed by atoms with Crippen LogP contribution in [0.2, 0.25) is 0 Å². The minimum absolute atomic E-state index is 0.0655. The maximum atomic E-state index is 12.0. The minimum Gasteiger partial charge on any atom is -0.493 e. The Kier molecular flexibility index (Phi) is 6.47. The Hall–Kier alpha value is -3.27. The number of amides is 1. The summed E-state index contributed by atoms with van der Waals surface area (Å²) in [6, 6.07) is 27.7. The summed E-state index contributed by atoms with van der Waals surface area (Å²) in [5, 5.41) is 6.35. The van der Waals surface area contributed by atoms with Gasteiger partial charge in [-0.25, -0.2) is 0 Å². The molecule has 1 amide bonds. The Morgan fingerprint density at radius 1 is 0.852 bits per heavy atom. The van der Waals surface area contributed by atoms with Gasteiger partial charge in [0.1, 0.15) is 5.75 Å². The van der Waals surface area contributed by atoms with E-state index in [9.17, 15) is 4.79 Å². The van der Waals surface area contributed by atoms with Crippen LogP contribution in [0, 0.1) is 0 Å². The first-order valence-corrected chi connectivity index (χ1v) is 9.10. The second-order valence-corrected chi connectivity index (χ2v) is 6.31. The fourth-order valence-electron chi connectivity index (χ4n) is 2.73. The minimum atomic E-state index is -0.0655. The third-order valence-electron chi connectivity index (χ3n) is 4.19. The van der Waals surface area contributed by atoms with Crippen LogP contribution in [0.5, 0.6) is 5.75 Å². The zero-order valence-electron chi connectivity index (χ0n) is 15.4. The van der Waals surface area contributed by atoms with Crippen molar-refractivity contribution in [2.75, 3.05) is 17.2 Å². The van der Waals surface area contributed by atoms with E-state index in [0.29, 0.717) is 13.0 Å². The Bertz CT molecular complexity index is 833. The summed E-state index contributed by atoms with van der Waals surface area (Å²) in [6.45, 7) is 2.47. The van der Waals surface area contributed by atoms with E-state index in [1.807, 2.05) is 72.8 Å². The van der Waals surface area contributed by atoms with Gasteiger partial charge in [-0.1, -0.05) is 48.5 Å². The van der Waals surface area contributed by atoms with Crippen LogP contribution < -0.4 is 15.4 Å². The maximum absolute atomic E-state index is 12.0. The lowest BCUT2D eigenvalue weighted by Crippen LogP contribution is -2.15. The number of carbonyl (C=O) groups is 1. The van der Waals surface area contributed by atoms with Gasteiger partial charge in [-0.3, -0.25) is 4.79 Å². The van der Waals surface area contributed by atoms with Crippen LogP contribution in [-0.4, -0.2) is 12.5 Å². The molecule has 2 N–H and O–H groups in total. The van der Waals surface area contributed by atoms with E-state index in [-0.39, 0.29) is 11.9 Å².